The van der Waals surface area contributed by atoms with Crippen molar-refractivity contribution in [3.63, 3.8) is 0 Å². The highest BCUT2D eigenvalue weighted by Crippen LogP contribution is 2.31. The molecular formula is C22H26N4O5S2. The first-order valence-electron chi connectivity index (χ1n) is 10.7. The number of nitrogens with one attached hydrogen (secondary N) is 2. The van der Waals surface area contributed by atoms with Gasteiger partial charge in [0.2, 0.25) is 15.9 Å². The number of fused-ring (bicyclic) bond motifs is 1. The molecule has 2 aliphatic rings. The zero-order valence-electron chi connectivity index (χ0n) is 18.4. The number of likely N-dealkylation sites (tertiary alicyclic amines) is 1. The van der Waals surface area contributed by atoms with Gasteiger partial charge in [-0.15, -0.1) is 4.40 Å². The van der Waals surface area contributed by atoms with Crippen molar-refractivity contribution in [3.05, 3.63) is 59.2 Å². The molecule has 1 fully saturated rings. The van der Waals surface area contributed by atoms with Crippen LogP contribution in [0.5, 0.6) is 0 Å². The third kappa shape index (κ3) is 4.66. The smallest absolute Gasteiger partial charge is 0.285 e. The molecule has 2 aromatic rings. The highest BCUT2D eigenvalue weighted by Gasteiger charge is 2.39. The Labute approximate surface area is 194 Å². The molecule has 1 saturated heterocycles. The minimum Gasteiger partial charge on any atom is -0.353 e. The van der Waals surface area contributed by atoms with Crippen molar-refractivity contribution in [2.24, 2.45) is 4.40 Å². The molecule has 2 aliphatic heterocycles. The number of carbonyl (C=O) groups is 1. The van der Waals surface area contributed by atoms with Crippen molar-refractivity contribution in [1.82, 2.24) is 14.9 Å². The quantitative estimate of drug-likeness (QED) is 0.589. The van der Waals surface area contributed by atoms with Crippen molar-refractivity contribution in [2.75, 3.05) is 19.6 Å². The van der Waals surface area contributed by atoms with Crippen molar-refractivity contribution >= 4 is 31.8 Å². The van der Waals surface area contributed by atoms with Gasteiger partial charge in [0.25, 0.3) is 10.0 Å². The molecule has 2 aromatic carbocycles. The highest BCUT2D eigenvalue weighted by molar-refractivity contribution is 7.90. The van der Waals surface area contributed by atoms with Crippen molar-refractivity contribution in [1.29, 1.82) is 0 Å². The molecule has 0 spiro atoms. The summed E-state index contributed by atoms with van der Waals surface area (Å²) in [4.78, 5) is 14.9. The van der Waals surface area contributed by atoms with Gasteiger partial charge in [-0.3, -0.25) is 4.79 Å². The maximum Gasteiger partial charge on any atom is 0.285 e. The van der Waals surface area contributed by atoms with Gasteiger partial charge in [0.1, 0.15) is 10.9 Å². The van der Waals surface area contributed by atoms with Crippen LogP contribution < -0.4 is 10.0 Å². The molecule has 0 aromatic heterocycles. The van der Waals surface area contributed by atoms with Crippen LogP contribution in [0.2, 0.25) is 0 Å². The molecule has 0 unspecified atom stereocenters. The number of hydrogen-bond acceptors (Lipinski definition) is 6. The van der Waals surface area contributed by atoms with Crippen molar-refractivity contribution in [2.45, 2.75) is 42.5 Å². The molecule has 1 atom stereocenters. The average Bonchev–Trinajstić information content (AvgIpc) is 3.36. The van der Waals surface area contributed by atoms with Gasteiger partial charge in [0, 0.05) is 25.2 Å². The van der Waals surface area contributed by atoms with Gasteiger partial charge in [-0.2, -0.15) is 8.42 Å². The van der Waals surface area contributed by atoms with Crippen LogP contribution in [0.3, 0.4) is 0 Å². The first-order valence-corrected chi connectivity index (χ1v) is 13.6. The topological polar surface area (TPSA) is 125 Å². The summed E-state index contributed by atoms with van der Waals surface area (Å²) in [6, 6.07) is 11.2. The van der Waals surface area contributed by atoms with Gasteiger partial charge >= 0.3 is 0 Å². The Morgan fingerprint density at radius 1 is 1.15 bits per heavy atom. The number of amidine groups is 1. The molecule has 0 radical (unpaired) electrons. The van der Waals surface area contributed by atoms with E-state index in [1.165, 1.54) is 6.07 Å². The standard InChI is InChI=1S/C22H26N4O5S2/c1-15-9-10-16(2)20(14-15)32(28,29)24-12-11-23-22(27)18-7-5-13-26(18)21-17-6-3-4-8-19(17)33(30,31)25-21/h3-4,6,8-10,14,18,24H,5,7,11-13H2,1-2H3,(H,23,27)/t18-/m0/s1. The second-order valence-corrected chi connectivity index (χ2v) is 11.5. The first kappa shape index (κ1) is 23.4. The number of amides is 1. The summed E-state index contributed by atoms with van der Waals surface area (Å²) < 4.78 is 56.4. The minimum absolute atomic E-state index is 0.0341. The minimum atomic E-state index is -3.77. The van der Waals surface area contributed by atoms with Gasteiger partial charge in [-0.25, -0.2) is 13.1 Å². The largest absolute Gasteiger partial charge is 0.353 e. The van der Waals surface area contributed by atoms with Crippen LogP contribution in [-0.4, -0.2) is 59.2 Å². The van der Waals surface area contributed by atoms with Crippen molar-refractivity contribution < 1.29 is 21.6 Å². The lowest BCUT2D eigenvalue weighted by atomic mass is 10.1. The van der Waals surface area contributed by atoms with Crippen LogP contribution in [0.1, 0.15) is 29.5 Å². The van der Waals surface area contributed by atoms with Crippen LogP contribution in [0.25, 0.3) is 0 Å². The summed E-state index contributed by atoms with van der Waals surface area (Å²) in [5.74, 6) is 0.00166. The number of nitrogens with zero attached hydrogens (tertiary/aromatic N) is 2. The van der Waals surface area contributed by atoms with E-state index in [0.717, 1.165) is 12.0 Å². The SMILES string of the molecule is Cc1ccc(C)c(S(=O)(=O)NCCNC(=O)[C@@H]2CCCN2C2=NS(=O)(=O)c3ccccc32)c1. The summed E-state index contributed by atoms with van der Waals surface area (Å²) in [6.45, 7) is 4.21. The van der Waals surface area contributed by atoms with Gasteiger partial charge in [0.15, 0.2) is 5.84 Å². The Morgan fingerprint density at radius 3 is 2.70 bits per heavy atom. The third-order valence-electron chi connectivity index (χ3n) is 5.79. The number of sulfonamides is 2. The van der Waals surface area contributed by atoms with Crippen LogP contribution in [0.4, 0.5) is 0 Å². The van der Waals surface area contributed by atoms with E-state index in [2.05, 4.69) is 14.4 Å². The van der Waals surface area contributed by atoms with E-state index in [1.807, 2.05) is 13.0 Å². The van der Waals surface area contributed by atoms with E-state index in [1.54, 1.807) is 42.2 Å². The Morgan fingerprint density at radius 2 is 1.91 bits per heavy atom. The number of benzene rings is 2. The van der Waals surface area contributed by atoms with Gasteiger partial charge < -0.3 is 10.2 Å². The van der Waals surface area contributed by atoms with E-state index in [4.69, 9.17) is 0 Å². The lowest BCUT2D eigenvalue weighted by Crippen LogP contribution is -2.47. The number of rotatable bonds is 6. The molecule has 11 heteroatoms. The second-order valence-electron chi connectivity index (χ2n) is 8.20. The molecule has 4 rings (SSSR count). The van der Waals surface area contributed by atoms with E-state index >= 15 is 0 Å². The van der Waals surface area contributed by atoms with Crippen LogP contribution in [0, 0.1) is 13.8 Å². The van der Waals surface area contributed by atoms with E-state index < -0.39 is 26.1 Å². The number of carbonyl (C=O) groups excluding carboxylic acids is 1. The molecule has 176 valence electrons. The van der Waals surface area contributed by atoms with Crippen molar-refractivity contribution in [3.8, 4) is 0 Å². The van der Waals surface area contributed by atoms with E-state index in [0.29, 0.717) is 29.9 Å². The monoisotopic (exact) mass is 490 g/mol. The Balaban J connectivity index is 1.39. The predicted octanol–water partition coefficient (Wildman–Crippen LogP) is 1.31. The fourth-order valence-corrected chi connectivity index (χ4v) is 6.73. The summed E-state index contributed by atoms with van der Waals surface area (Å²) in [5, 5.41) is 2.76. The average molecular weight is 491 g/mol. The summed E-state index contributed by atoms with van der Waals surface area (Å²) in [5.41, 5.74) is 1.99. The zero-order valence-corrected chi connectivity index (χ0v) is 20.0. The van der Waals surface area contributed by atoms with E-state index in [-0.39, 0.29) is 28.8 Å². The molecule has 2 N–H and O–H groups in total. The molecular weight excluding hydrogens is 464 g/mol. The fourth-order valence-electron chi connectivity index (χ4n) is 4.15. The Kier molecular flexibility index (Phi) is 6.30. The molecule has 0 bridgehead atoms. The lowest BCUT2D eigenvalue weighted by molar-refractivity contribution is -0.124. The number of aryl methyl sites for hydroxylation is 2. The molecule has 33 heavy (non-hydrogen) atoms. The maximum absolute atomic E-state index is 12.8. The molecule has 0 aliphatic carbocycles. The van der Waals surface area contributed by atoms with Gasteiger partial charge in [-0.1, -0.05) is 24.3 Å². The molecule has 0 saturated carbocycles. The highest BCUT2D eigenvalue weighted by atomic mass is 32.2. The molecule has 2 heterocycles. The second kappa shape index (κ2) is 8.88. The summed E-state index contributed by atoms with van der Waals surface area (Å²) >= 11 is 0. The van der Waals surface area contributed by atoms with Gasteiger partial charge in [-0.05, 0) is 56.0 Å². The fraction of sp³-hybridized carbons (Fsp3) is 0.364. The first-order chi connectivity index (χ1) is 15.6. The lowest BCUT2D eigenvalue weighted by Gasteiger charge is -2.25. The molecule has 9 nitrogen and oxygen atoms in total. The Bertz CT molecular complexity index is 1340. The zero-order chi connectivity index (χ0) is 23.8. The predicted molar refractivity (Wildman–Crippen MR) is 124 cm³/mol. The maximum atomic E-state index is 12.8. The summed E-state index contributed by atoms with van der Waals surface area (Å²) in [7, 11) is -7.47. The third-order valence-corrected chi connectivity index (χ3v) is 8.72. The van der Waals surface area contributed by atoms with E-state index in [9.17, 15) is 21.6 Å². The van der Waals surface area contributed by atoms with Crippen LogP contribution >= 0.6 is 0 Å². The van der Waals surface area contributed by atoms with Crippen LogP contribution in [0.15, 0.2) is 56.7 Å². The molecule has 1 amide bonds. The Hall–Kier alpha value is -2.76. The summed E-state index contributed by atoms with van der Waals surface area (Å²) in [6.07, 6.45) is 1.28. The van der Waals surface area contributed by atoms with Gasteiger partial charge in [0.05, 0.1) is 4.90 Å². The number of hydrogen-bond donors (Lipinski definition) is 2. The normalized spacial score (nSPS) is 19.3. The van der Waals surface area contributed by atoms with Crippen LogP contribution in [-0.2, 0) is 24.8 Å².